The molecule has 1 fully saturated rings. The number of ether oxygens (including phenoxy) is 2. The number of hydrogen-bond donors (Lipinski definition) is 0. The molecule has 0 bridgehead atoms. The fourth-order valence-electron chi connectivity index (χ4n) is 3.29. The lowest BCUT2D eigenvalue weighted by atomic mass is 10.2. The molecule has 0 unspecified atom stereocenters. The lowest BCUT2D eigenvalue weighted by Crippen LogP contribution is -2.36. The summed E-state index contributed by atoms with van der Waals surface area (Å²) in [5.41, 5.74) is 3.92. The minimum atomic E-state index is -0.255. The molecule has 0 atom stereocenters. The molecule has 0 radical (unpaired) electrons. The Morgan fingerprint density at radius 1 is 1.00 bits per heavy atom. The van der Waals surface area contributed by atoms with E-state index in [1.165, 1.54) is 17.8 Å². The molecule has 0 N–H and O–H groups in total. The van der Waals surface area contributed by atoms with E-state index >= 15 is 0 Å². The number of rotatable bonds is 6. The zero-order chi connectivity index (χ0) is 21.6. The maximum Gasteiger partial charge on any atom is 0.146 e. The molecule has 0 aromatic heterocycles. The van der Waals surface area contributed by atoms with E-state index in [2.05, 4.69) is 67.2 Å². The first-order chi connectivity index (χ1) is 15.1. The Morgan fingerprint density at radius 2 is 1.71 bits per heavy atom. The number of nitrogens with zero attached hydrogens (tertiary/aromatic N) is 2. The molecule has 3 aromatic carbocycles. The predicted molar refractivity (Wildman–Crippen MR) is 139 cm³/mol. The molecule has 1 aliphatic heterocycles. The van der Waals surface area contributed by atoms with Gasteiger partial charge in [0.1, 0.15) is 18.2 Å². The number of aliphatic imine (C=N–C) groups is 1. The number of morpholine rings is 1. The van der Waals surface area contributed by atoms with E-state index in [-0.39, 0.29) is 5.82 Å². The SMILES string of the molecule is Fc1cccc(COc2c(I)cc(C=Nc3ccc(N4CCOCC4)cc3)cc2I)c1. The lowest BCUT2D eigenvalue weighted by molar-refractivity contribution is 0.122. The molecule has 7 heteroatoms. The molecular weight excluding hydrogens is 621 g/mol. The smallest absolute Gasteiger partial charge is 0.146 e. The van der Waals surface area contributed by atoms with Crippen LogP contribution < -0.4 is 9.64 Å². The van der Waals surface area contributed by atoms with Crippen LogP contribution in [0.25, 0.3) is 0 Å². The molecule has 4 rings (SSSR count). The molecule has 1 aliphatic rings. The first-order valence-corrected chi connectivity index (χ1v) is 12.1. The van der Waals surface area contributed by atoms with Gasteiger partial charge in [0.15, 0.2) is 0 Å². The van der Waals surface area contributed by atoms with Crippen molar-refractivity contribution in [1.82, 2.24) is 0 Å². The maximum absolute atomic E-state index is 13.4. The second-order valence-corrected chi connectivity index (χ2v) is 9.43. The average Bonchev–Trinajstić information content (AvgIpc) is 2.78. The van der Waals surface area contributed by atoms with Crippen LogP contribution in [0, 0.1) is 13.0 Å². The Hall–Kier alpha value is -1.72. The van der Waals surface area contributed by atoms with Gasteiger partial charge in [0.2, 0.25) is 0 Å². The summed E-state index contributed by atoms with van der Waals surface area (Å²) in [4.78, 5) is 6.94. The van der Waals surface area contributed by atoms with Crippen LogP contribution in [-0.2, 0) is 11.3 Å². The van der Waals surface area contributed by atoms with E-state index in [9.17, 15) is 4.39 Å². The summed E-state index contributed by atoms with van der Waals surface area (Å²) in [6.45, 7) is 3.73. The molecule has 1 heterocycles. The topological polar surface area (TPSA) is 34.1 Å². The first-order valence-electron chi connectivity index (χ1n) is 9.91. The van der Waals surface area contributed by atoms with Crippen LogP contribution in [0.1, 0.15) is 11.1 Å². The first kappa shape index (κ1) is 22.5. The lowest BCUT2D eigenvalue weighted by Gasteiger charge is -2.28. The fourth-order valence-corrected chi connectivity index (χ4v) is 5.42. The predicted octanol–water partition coefficient (Wildman–Crippen LogP) is 6.20. The highest BCUT2D eigenvalue weighted by Crippen LogP contribution is 2.30. The Balaban J connectivity index is 1.42. The van der Waals surface area contributed by atoms with E-state index in [0.717, 1.165) is 56.0 Å². The summed E-state index contributed by atoms with van der Waals surface area (Å²) in [5.74, 6) is 0.549. The van der Waals surface area contributed by atoms with Gasteiger partial charge in [-0.2, -0.15) is 0 Å². The Kier molecular flexibility index (Phi) is 7.78. The third-order valence-corrected chi connectivity index (χ3v) is 6.48. The van der Waals surface area contributed by atoms with E-state index in [4.69, 9.17) is 9.47 Å². The van der Waals surface area contributed by atoms with Crippen molar-refractivity contribution in [2.24, 2.45) is 4.99 Å². The van der Waals surface area contributed by atoms with Crippen molar-refractivity contribution >= 4 is 62.8 Å². The highest BCUT2D eigenvalue weighted by atomic mass is 127. The van der Waals surface area contributed by atoms with Crippen LogP contribution in [-0.4, -0.2) is 32.5 Å². The van der Waals surface area contributed by atoms with Crippen LogP contribution in [0.4, 0.5) is 15.8 Å². The summed E-state index contributed by atoms with van der Waals surface area (Å²) in [6.07, 6.45) is 1.87. The van der Waals surface area contributed by atoms with Gasteiger partial charge in [-0.3, -0.25) is 4.99 Å². The number of hydrogen-bond acceptors (Lipinski definition) is 4. The molecule has 0 saturated carbocycles. The van der Waals surface area contributed by atoms with Gasteiger partial charge in [-0.25, -0.2) is 4.39 Å². The highest BCUT2D eigenvalue weighted by molar-refractivity contribution is 14.1. The van der Waals surface area contributed by atoms with Crippen molar-refractivity contribution in [2.75, 3.05) is 31.2 Å². The third kappa shape index (κ3) is 6.17. The second-order valence-electron chi connectivity index (χ2n) is 7.11. The van der Waals surface area contributed by atoms with Gasteiger partial charge in [-0.1, -0.05) is 12.1 Å². The largest absolute Gasteiger partial charge is 0.487 e. The Morgan fingerprint density at radius 3 is 2.39 bits per heavy atom. The molecule has 4 nitrogen and oxygen atoms in total. The maximum atomic E-state index is 13.4. The summed E-state index contributed by atoms with van der Waals surface area (Å²) in [6, 6.07) is 18.8. The van der Waals surface area contributed by atoms with Crippen LogP contribution >= 0.6 is 45.2 Å². The Bertz CT molecular complexity index is 1040. The van der Waals surface area contributed by atoms with Gasteiger partial charge in [-0.15, -0.1) is 0 Å². The van der Waals surface area contributed by atoms with Crippen molar-refractivity contribution in [3.05, 3.63) is 84.7 Å². The van der Waals surface area contributed by atoms with Gasteiger partial charge in [0.05, 0.1) is 26.0 Å². The standard InChI is InChI=1S/C24H21FI2N2O2/c25-19-3-1-2-17(12-19)16-31-24-22(26)13-18(14-23(24)27)15-28-20-4-6-21(7-5-20)29-8-10-30-11-9-29/h1-7,12-15H,8-11,16H2. The zero-order valence-corrected chi connectivity index (χ0v) is 21.0. The van der Waals surface area contributed by atoms with Crippen LogP contribution in [0.2, 0.25) is 0 Å². The van der Waals surface area contributed by atoms with E-state index < -0.39 is 0 Å². The van der Waals surface area contributed by atoms with Crippen molar-refractivity contribution in [3.63, 3.8) is 0 Å². The number of halogens is 3. The minimum Gasteiger partial charge on any atom is -0.487 e. The zero-order valence-electron chi connectivity index (χ0n) is 16.7. The van der Waals surface area contributed by atoms with E-state index in [1.807, 2.05) is 36.5 Å². The van der Waals surface area contributed by atoms with Crippen molar-refractivity contribution in [1.29, 1.82) is 0 Å². The summed E-state index contributed by atoms with van der Waals surface area (Å²) in [5, 5.41) is 0. The molecule has 3 aromatic rings. The van der Waals surface area contributed by atoms with E-state index in [0.29, 0.717) is 6.61 Å². The average molecular weight is 642 g/mol. The minimum absolute atomic E-state index is 0.255. The van der Waals surface area contributed by atoms with Gasteiger partial charge < -0.3 is 14.4 Å². The summed E-state index contributed by atoms with van der Waals surface area (Å²) >= 11 is 4.53. The fraction of sp³-hybridized carbons (Fsp3) is 0.208. The normalized spacial score (nSPS) is 14.2. The number of anilines is 1. The van der Waals surface area contributed by atoms with Crippen LogP contribution in [0.15, 0.2) is 65.7 Å². The monoisotopic (exact) mass is 642 g/mol. The third-order valence-electron chi connectivity index (χ3n) is 4.88. The Labute approximate surface area is 208 Å². The highest BCUT2D eigenvalue weighted by Gasteiger charge is 2.11. The van der Waals surface area contributed by atoms with Gasteiger partial charge >= 0.3 is 0 Å². The molecule has 0 amide bonds. The summed E-state index contributed by atoms with van der Waals surface area (Å²) < 4.78 is 26.7. The molecule has 0 aliphatic carbocycles. The molecular formula is C24H21FI2N2O2. The van der Waals surface area contributed by atoms with Crippen LogP contribution in [0.3, 0.4) is 0 Å². The number of benzene rings is 3. The van der Waals surface area contributed by atoms with Gasteiger partial charge in [0.25, 0.3) is 0 Å². The quantitative estimate of drug-likeness (QED) is 0.238. The van der Waals surface area contributed by atoms with Gasteiger partial charge in [-0.05, 0) is 105 Å². The van der Waals surface area contributed by atoms with Crippen molar-refractivity contribution < 1.29 is 13.9 Å². The van der Waals surface area contributed by atoms with Crippen molar-refractivity contribution in [2.45, 2.75) is 6.61 Å². The molecule has 160 valence electrons. The second kappa shape index (κ2) is 10.7. The molecule has 1 saturated heterocycles. The van der Waals surface area contributed by atoms with Gasteiger partial charge in [0, 0.05) is 25.0 Å². The molecule has 0 spiro atoms. The summed E-state index contributed by atoms with van der Waals surface area (Å²) in [7, 11) is 0. The van der Waals surface area contributed by atoms with E-state index in [1.54, 1.807) is 6.07 Å². The molecule has 31 heavy (non-hydrogen) atoms. The van der Waals surface area contributed by atoms with Crippen molar-refractivity contribution in [3.8, 4) is 5.75 Å². The van der Waals surface area contributed by atoms with Crippen LogP contribution in [0.5, 0.6) is 5.75 Å².